The maximum Gasteiger partial charge on any atom is 0.138 e. The number of fused-ring (bicyclic) bond motifs is 3. The van der Waals surface area contributed by atoms with Gasteiger partial charge in [-0.1, -0.05) is 81.0 Å². The van der Waals surface area contributed by atoms with Gasteiger partial charge in [-0.05, 0) is 105 Å². The van der Waals surface area contributed by atoms with Crippen LogP contribution in [0, 0.1) is 19.8 Å². The van der Waals surface area contributed by atoms with Crippen molar-refractivity contribution in [3.63, 3.8) is 0 Å². The molecule has 0 unspecified atom stereocenters. The summed E-state index contributed by atoms with van der Waals surface area (Å²) in [6.45, 7) is 13.5. The standard InChI is InChI=1S/C45H44N4O/c1-28(2)35-23-36(49-32(6)45(31(5)47-49)44-29(3)13-12-14-30(44)4)26-38(24-35)50-37-19-20-40-39-17-10-11-18-41(39)48(42(40)27-37)43-25-34(21-22-46-43)33-15-8-7-9-16-33/h7-11,13,15-28,30,44H,12,14H2,1-6H3/t30-,44+/m0/s1. The Hall–Kier alpha value is -5.42. The van der Waals surface area contributed by atoms with E-state index in [-0.39, 0.29) is 0 Å². The van der Waals surface area contributed by atoms with Crippen molar-refractivity contribution in [1.82, 2.24) is 19.3 Å². The van der Waals surface area contributed by atoms with Gasteiger partial charge >= 0.3 is 0 Å². The predicted octanol–water partition coefficient (Wildman–Crippen LogP) is 12.0. The third-order valence-electron chi connectivity index (χ3n) is 10.6. The lowest BCUT2D eigenvalue weighted by Gasteiger charge is -2.29. The van der Waals surface area contributed by atoms with Crippen LogP contribution in [-0.2, 0) is 0 Å². The van der Waals surface area contributed by atoms with Gasteiger partial charge < -0.3 is 4.74 Å². The Labute approximate surface area is 294 Å². The summed E-state index contributed by atoms with van der Waals surface area (Å²) in [5.74, 6) is 3.77. The first-order chi connectivity index (χ1) is 24.3. The summed E-state index contributed by atoms with van der Waals surface area (Å²) in [6.07, 6.45) is 6.69. The molecule has 0 aliphatic heterocycles. The number of pyridine rings is 1. The summed E-state index contributed by atoms with van der Waals surface area (Å²) in [6, 6.07) is 36.2. The van der Waals surface area contributed by atoms with E-state index in [4.69, 9.17) is 14.8 Å². The zero-order valence-corrected chi connectivity index (χ0v) is 29.8. The Morgan fingerprint density at radius 3 is 2.34 bits per heavy atom. The molecule has 0 saturated heterocycles. The molecule has 2 atom stereocenters. The zero-order valence-electron chi connectivity index (χ0n) is 29.8. The molecule has 5 heteroatoms. The fourth-order valence-electron chi connectivity index (χ4n) is 8.05. The number of para-hydroxylation sites is 1. The van der Waals surface area contributed by atoms with Crippen LogP contribution in [0.15, 0.2) is 121 Å². The van der Waals surface area contributed by atoms with Crippen LogP contribution in [0.2, 0.25) is 0 Å². The molecular weight excluding hydrogens is 613 g/mol. The molecule has 3 aromatic heterocycles. The van der Waals surface area contributed by atoms with Crippen molar-refractivity contribution in [2.45, 2.75) is 66.2 Å². The number of benzene rings is 4. The van der Waals surface area contributed by atoms with Crippen molar-refractivity contribution in [2.75, 3.05) is 0 Å². The highest BCUT2D eigenvalue weighted by atomic mass is 16.5. The monoisotopic (exact) mass is 656 g/mol. The fraction of sp³-hybridized carbons (Fsp3) is 0.244. The van der Waals surface area contributed by atoms with Gasteiger partial charge in [0.15, 0.2) is 0 Å². The van der Waals surface area contributed by atoms with E-state index in [1.54, 1.807) is 0 Å². The molecule has 1 aliphatic rings. The lowest BCUT2D eigenvalue weighted by molar-refractivity contribution is 0.447. The van der Waals surface area contributed by atoms with Gasteiger partial charge in [0.05, 0.1) is 22.4 Å². The van der Waals surface area contributed by atoms with Gasteiger partial charge in [0.1, 0.15) is 17.3 Å². The van der Waals surface area contributed by atoms with Gasteiger partial charge in [-0.2, -0.15) is 5.10 Å². The minimum atomic E-state index is 0.324. The SMILES string of the molecule is CC1=CCC[C@H](C)[C@@H]1c1c(C)nn(-c2cc(Oc3ccc4c5ccccc5n(-c5cc(-c6ccccc6)ccn5)c4c3)cc(C(C)C)c2)c1C. The number of hydrogen-bond acceptors (Lipinski definition) is 3. The molecule has 5 nitrogen and oxygen atoms in total. The van der Waals surface area contributed by atoms with Crippen LogP contribution in [-0.4, -0.2) is 19.3 Å². The van der Waals surface area contributed by atoms with Crippen molar-refractivity contribution in [2.24, 2.45) is 5.92 Å². The molecule has 0 fully saturated rings. The average Bonchev–Trinajstić information content (AvgIpc) is 3.61. The third kappa shape index (κ3) is 5.61. The summed E-state index contributed by atoms with van der Waals surface area (Å²) in [5.41, 5.74) is 11.8. The third-order valence-corrected chi connectivity index (χ3v) is 10.6. The first-order valence-corrected chi connectivity index (χ1v) is 17.9. The van der Waals surface area contributed by atoms with E-state index >= 15 is 0 Å². The van der Waals surface area contributed by atoms with E-state index in [0.29, 0.717) is 17.8 Å². The molecule has 0 amide bonds. The molecule has 8 rings (SSSR count). The van der Waals surface area contributed by atoms with Crippen molar-refractivity contribution >= 4 is 21.8 Å². The van der Waals surface area contributed by atoms with Crippen LogP contribution in [0.1, 0.15) is 74.9 Å². The highest BCUT2D eigenvalue weighted by molar-refractivity contribution is 6.09. The Kier molecular flexibility index (Phi) is 8.14. The first-order valence-electron chi connectivity index (χ1n) is 17.9. The number of ether oxygens (including phenoxy) is 1. The summed E-state index contributed by atoms with van der Waals surface area (Å²) < 4.78 is 11.1. The van der Waals surface area contributed by atoms with Gasteiger partial charge in [0, 0.05) is 46.3 Å². The molecular formula is C45H44N4O. The van der Waals surface area contributed by atoms with E-state index in [1.807, 2.05) is 12.3 Å². The van der Waals surface area contributed by atoms with E-state index in [1.165, 1.54) is 34.2 Å². The average molecular weight is 657 g/mol. The second kappa shape index (κ2) is 12.8. The van der Waals surface area contributed by atoms with Crippen LogP contribution in [0.3, 0.4) is 0 Å². The number of nitrogens with zero attached hydrogens (tertiary/aromatic N) is 4. The minimum Gasteiger partial charge on any atom is -0.457 e. The Morgan fingerprint density at radius 2 is 1.54 bits per heavy atom. The van der Waals surface area contributed by atoms with Crippen LogP contribution in [0.5, 0.6) is 11.5 Å². The molecule has 0 bridgehead atoms. The summed E-state index contributed by atoms with van der Waals surface area (Å²) in [5, 5.41) is 7.48. The lowest BCUT2D eigenvalue weighted by Crippen LogP contribution is -2.16. The normalized spacial score (nSPS) is 16.3. The highest BCUT2D eigenvalue weighted by Gasteiger charge is 2.29. The second-order valence-corrected chi connectivity index (χ2v) is 14.3. The zero-order chi connectivity index (χ0) is 34.5. The lowest BCUT2D eigenvalue weighted by atomic mass is 9.75. The molecule has 250 valence electrons. The van der Waals surface area contributed by atoms with Crippen LogP contribution < -0.4 is 4.74 Å². The molecule has 3 heterocycles. The smallest absolute Gasteiger partial charge is 0.138 e. The number of rotatable bonds is 7. The Balaban J connectivity index is 1.22. The van der Waals surface area contributed by atoms with Gasteiger partial charge in [-0.25, -0.2) is 9.67 Å². The maximum absolute atomic E-state index is 6.76. The van der Waals surface area contributed by atoms with Crippen LogP contribution in [0.4, 0.5) is 0 Å². The second-order valence-electron chi connectivity index (χ2n) is 14.3. The molecule has 50 heavy (non-hydrogen) atoms. The maximum atomic E-state index is 6.76. The van der Waals surface area contributed by atoms with Crippen molar-refractivity contribution in [3.05, 3.63) is 143 Å². The van der Waals surface area contributed by atoms with Crippen molar-refractivity contribution < 1.29 is 4.74 Å². The first kappa shape index (κ1) is 31.8. The van der Waals surface area contributed by atoms with Gasteiger partial charge in [0.2, 0.25) is 0 Å². The van der Waals surface area contributed by atoms with E-state index < -0.39 is 0 Å². The Morgan fingerprint density at radius 1 is 0.760 bits per heavy atom. The molecule has 7 aromatic rings. The quantitative estimate of drug-likeness (QED) is 0.160. The fourth-order valence-corrected chi connectivity index (χ4v) is 8.05. The molecule has 0 N–H and O–H groups in total. The molecule has 4 aromatic carbocycles. The molecule has 1 aliphatic carbocycles. The molecule has 0 radical (unpaired) electrons. The minimum absolute atomic E-state index is 0.324. The molecule has 0 saturated carbocycles. The number of aromatic nitrogens is 4. The predicted molar refractivity (Wildman–Crippen MR) is 206 cm³/mol. The van der Waals surface area contributed by atoms with Gasteiger partial charge in [0.25, 0.3) is 0 Å². The largest absolute Gasteiger partial charge is 0.457 e. The van der Waals surface area contributed by atoms with Crippen LogP contribution in [0.25, 0.3) is 44.4 Å². The highest BCUT2D eigenvalue weighted by Crippen LogP contribution is 2.42. The summed E-state index contributed by atoms with van der Waals surface area (Å²) in [4.78, 5) is 4.87. The van der Waals surface area contributed by atoms with E-state index in [0.717, 1.165) is 62.7 Å². The van der Waals surface area contributed by atoms with Crippen molar-refractivity contribution in [3.8, 4) is 34.1 Å². The van der Waals surface area contributed by atoms with E-state index in [2.05, 4.69) is 154 Å². The summed E-state index contributed by atoms with van der Waals surface area (Å²) in [7, 11) is 0. The number of aryl methyl sites for hydroxylation is 1. The van der Waals surface area contributed by atoms with Gasteiger partial charge in [-0.3, -0.25) is 4.57 Å². The van der Waals surface area contributed by atoms with Gasteiger partial charge in [-0.15, -0.1) is 0 Å². The topological polar surface area (TPSA) is 44.9 Å². The number of allylic oxidation sites excluding steroid dienone is 2. The number of hydrogen-bond donors (Lipinski definition) is 0. The Bertz CT molecular complexity index is 2390. The van der Waals surface area contributed by atoms with Crippen LogP contribution >= 0.6 is 0 Å². The van der Waals surface area contributed by atoms with E-state index in [9.17, 15) is 0 Å². The van der Waals surface area contributed by atoms with Crippen molar-refractivity contribution in [1.29, 1.82) is 0 Å². The molecule has 0 spiro atoms. The summed E-state index contributed by atoms with van der Waals surface area (Å²) >= 11 is 0.